The minimum Gasteiger partial charge on any atom is -0.454 e. The summed E-state index contributed by atoms with van der Waals surface area (Å²) in [5.41, 5.74) is 1.66. The number of benzene rings is 2. The predicted molar refractivity (Wildman–Crippen MR) is 127 cm³/mol. The number of aromatic nitrogens is 2. The Labute approximate surface area is 198 Å². The van der Waals surface area contributed by atoms with Crippen LogP contribution in [0.3, 0.4) is 0 Å². The molecule has 1 amide bonds. The molecule has 4 aromatic rings. The van der Waals surface area contributed by atoms with Gasteiger partial charge in [-0.15, -0.1) is 0 Å². The van der Waals surface area contributed by atoms with Crippen LogP contribution in [0.5, 0.6) is 11.5 Å². The zero-order valence-corrected chi connectivity index (χ0v) is 18.9. The molecule has 1 atom stereocenters. The third-order valence-electron chi connectivity index (χ3n) is 5.85. The van der Waals surface area contributed by atoms with Crippen molar-refractivity contribution < 1.29 is 23.4 Å². The summed E-state index contributed by atoms with van der Waals surface area (Å²) in [6.45, 7) is 1.22. The third kappa shape index (κ3) is 3.88. The summed E-state index contributed by atoms with van der Waals surface area (Å²) in [5.74, 6) is 1.09. The molecule has 0 spiro atoms. The van der Waals surface area contributed by atoms with E-state index in [9.17, 15) is 9.59 Å². The van der Waals surface area contributed by atoms with Crippen LogP contribution < -0.4 is 20.3 Å². The minimum absolute atomic E-state index is 0.0665. The molecule has 4 heterocycles. The second kappa shape index (κ2) is 8.69. The van der Waals surface area contributed by atoms with Crippen molar-refractivity contribution in [1.82, 2.24) is 9.55 Å². The molecule has 0 saturated carbocycles. The first-order chi connectivity index (χ1) is 16.7. The monoisotopic (exact) mass is 479 g/mol. The van der Waals surface area contributed by atoms with E-state index in [0.717, 1.165) is 18.2 Å². The van der Waals surface area contributed by atoms with Crippen molar-refractivity contribution in [3.8, 4) is 11.5 Å². The Balaban J connectivity index is 1.29. The standard InChI is InChI=1S/C24H21N3O6S/c28-20(25-14-7-8-18-19(10-14)32-13-31-18)12-34-24-26-21-16-5-1-2-6-17(16)33-22(21)23(29)27(24)11-15-4-3-9-30-15/h1-2,5-8,10,15H,3-4,9,11-13H2,(H,25,28)/t15-/m0/s1. The van der Waals surface area contributed by atoms with Gasteiger partial charge in [0, 0.05) is 23.7 Å². The summed E-state index contributed by atoms with van der Waals surface area (Å²) in [4.78, 5) is 30.8. The summed E-state index contributed by atoms with van der Waals surface area (Å²) in [7, 11) is 0. The predicted octanol–water partition coefficient (Wildman–Crippen LogP) is 3.78. The fourth-order valence-corrected chi connectivity index (χ4v) is 5.02. The van der Waals surface area contributed by atoms with E-state index >= 15 is 0 Å². The third-order valence-corrected chi connectivity index (χ3v) is 6.82. The number of fused-ring (bicyclic) bond motifs is 4. The number of hydrogen-bond donors (Lipinski definition) is 1. The summed E-state index contributed by atoms with van der Waals surface area (Å²) < 4.78 is 23.8. The minimum atomic E-state index is -0.268. The van der Waals surface area contributed by atoms with Gasteiger partial charge in [0.05, 0.1) is 18.4 Å². The van der Waals surface area contributed by atoms with Gasteiger partial charge in [0.2, 0.25) is 18.3 Å². The number of furan rings is 1. The highest BCUT2D eigenvalue weighted by Gasteiger charge is 2.23. The number of thioether (sulfide) groups is 1. The molecule has 6 rings (SSSR count). The lowest BCUT2D eigenvalue weighted by Gasteiger charge is -2.15. The highest BCUT2D eigenvalue weighted by Crippen LogP contribution is 2.34. The molecule has 9 nitrogen and oxygen atoms in total. The number of carbonyl (C=O) groups excluding carboxylic acids is 1. The van der Waals surface area contributed by atoms with Crippen molar-refractivity contribution in [3.63, 3.8) is 0 Å². The first-order valence-corrected chi connectivity index (χ1v) is 12.0. The molecule has 0 aliphatic carbocycles. The number of hydrogen-bond acceptors (Lipinski definition) is 8. The molecule has 174 valence electrons. The van der Waals surface area contributed by atoms with E-state index in [-0.39, 0.29) is 35.7 Å². The molecule has 2 aromatic heterocycles. The lowest BCUT2D eigenvalue weighted by molar-refractivity contribution is -0.113. The van der Waals surface area contributed by atoms with Gasteiger partial charge < -0.3 is 23.9 Å². The lowest BCUT2D eigenvalue weighted by Crippen LogP contribution is -2.29. The van der Waals surface area contributed by atoms with Gasteiger partial charge in [-0.1, -0.05) is 23.9 Å². The average molecular weight is 480 g/mol. The number of anilines is 1. The molecular formula is C24H21N3O6S. The van der Waals surface area contributed by atoms with Gasteiger partial charge in [0.1, 0.15) is 11.1 Å². The molecule has 0 bridgehead atoms. The van der Waals surface area contributed by atoms with Crippen LogP contribution in [0.1, 0.15) is 12.8 Å². The fraction of sp³-hybridized carbons (Fsp3) is 0.292. The molecule has 0 unspecified atom stereocenters. The fourth-order valence-electron chi connectivity index (χ4n) is 4.22. The van der Waals surface area contributed by atoms with Crippen LogP contribution in [0.15, 0.2) is 56.8 Å². The van der Waals surface area contributed by atoms with Gasteiger partial charge in [-0.2, -0.15) is 0 Å². The Morgan fingerprint density at radius 1 is 1.18 bits per heavy atom. The Morgan fingerprint density at radius 2 is 2.06 bits per heavy atom. The number of rotatable bonds is 6. The molecule has 34 heavy (non-hydrogen) atoms. The molecule has 2 aromatic carbocycles. The van der Waals surface area contributed by atoms with Crippen LogP contribution >= 0.6 is 11.8 Å². The topological polar surface area (TPSA) is 105 Å². The van der Waals surface area contributed by atoms with E-state index in [1.165, 1.54) is 11.8 Å². The van der Waals surface area contributed by atoms with Crippen molar-refractivity contribution >= 4 is 45.4 Å². The molecule has 10 heteroatoms. The first-order valence-electron chi connectivity index (χ1n) is 11.0. The van der Waals surface area contributed by atoms with E-state index in [1.54, 1.807) is 22.8 Å². The Hall–Kier alpha value is -3.50. The smallest absolute Gasteiger partial charge is 0.297 e. The SMILES string of the molecule is O=C(CSc1nc2c(oc3ccccc32)c(=O)n1C[C@@H]1CCCO1)Nc1ccc2c(c1)OCO2. The van der Waals surface area contributed by atoms with Crippen LogP contribution in [0.4, 0.5) is 5.69 Å². The Kier molecular flexibility index (Phi) is 5.39. The number of ether oxygens (including phenoxy) is 3. The summed E-state index contributed by atoms with van der Waals surface area (Å²) >= 11 is 1.21. The van der Waals surface area contributed by atoms with Crippen LogP contribution in [-0.2, 0) is 16.1 Å². The molecular weight excluding hydrogens is 458 g/mol. The van der Waals surface area contributed by atoms with Crippen molar-refractivity contribution in [1.29, 1.82) is 0 Å². The van der Waals surface area contributed by atoms with Crippen molar-refractivity contribution in [2.75, 3.05) is 24.5 Å². The summed E-state index contributed by atoms with van der Waals surface area (Å²) in [6, 6.07) is 12.6. The number of nitrogens with one attached hydrogen (secondary N) is 1. The van der Waals surface area contributed by atoms with Crippen molar-refractivity contribution in [2.45, 2.75) is 30.6 Å². The van der Waals surface area contributed by atoms with E-state index < -0.39 is 0 Å². The quantitative estimate of drug-likeness (QED) is 0.329. The van der Waals surface area contributed by atoms with E-state index in [1.807, 2.05) is 24.3 Å². The Morgan fingerprint density at radius 3 is 2.94 bits per heavy atom. The normalized spacial score (nSPS) is 17.0. The molecule has 1 fully saturated rings. The van der Waals surface area contributed by atoms with Crippen molar-refractivity contribution in [2.24, 2.45) is 0 Å². The first kappa shape index (κ1) is 21.1. The number of amides is 1. The van der Waals surface area contributed by atoms with Gasteiger partial charge >= 0.3 is 0 Å². The summed E-state index contributed by atoms with van der Waals surface area (Å²) in [5, 5.41) is 4.08. The van der Waals surface area contributed by atoms with Crippen molar-refractivity contribution in [3.05, 3.63) is 52.8 Å². The van der Waals surface area contributed by atoms with E-state index in [2.05, 4.69) is 5.32 Å². The second-order valence-corrected chi connectivity index (χ2v) is 9.07. The molecule has 1 saturated heterocycles. The zero-order chi connectivity index (χ0) is 23.1. The van der Waals surface area contributed by atoms with E-state index in [0.29, 0.717) is 46.6 Å². The van der Waals surface area contributed by atoms with Gasteiger partial charge in [-0.05, 0) is 37.1 Å². The molecule has 2 aliphatic rings. The van der Waals surface area contributed by atoms with Gasteiger partial charge in [0.15, 0.2) is 16.7 Å². The lowest BCUT2D eigenvalue weighted by atomic mass is 10.2. The van der Waals surface area contributed by atoms with Crippen LogP contribution in [0, 0.1) is 0 Å². The number of para-hydroxylation sites is 1. The maximum atomic E-state index is 13.4. The largest absolute Gasteiger partial charge is 0.454 e. The summed E-state index contributed by atoms with van der Waals surface area (Å²) in [6.07, 6.45) is 1.77. The molecule has 0 radical (unpaired) electrons. The maximum absolute atomic E-state index is 13.4. The zero-order valence-electron chi connectivity index (χ0n) is 18.1. The average Bonchev–Trinajstić information content (AvgIpc) is 3.59. The van der Waals surface area contributed by atoms with Crippen LogP contribution in [-0.4, -0.2) is 40.7 Å². The van der Waals surface area contributed by atoms with Gasteiger partial charge in [0.25, 0.3) is 5.56 Å². The second-order valence-electron chi connectivity index (χ2n) is 8.13. The van der Waals surface area contributed by atoms with Gasteiger partial charge in [-0.25, -0.2) is 4.98 Å². The van der Waals surface area contributed by atoms with E-state index in [4.69, 9.17) is 23.6 Å². The van der Waals surface area contributed by atoms with Crippen LogP contribution in [0.25, 0.3) is 22.1 Å². The number of carbonyl (C=O) groups is 1. The Bertz CT molecular complexity index is 1460. The number of nitrogens with zero attached hydrogens (tertiary/aromatic N) is 2. The highest BCUT2D eigenvalue weighted by molar-refractivity contribution is 7.99. The molecule has 1 N–H and O–H groups in total. The highest BCUT2D eigenvalue weighted by atomic mass is 32.2. The van der Waals surface area contributed by atoms with Gasteiger partial charge in [-0.3, -0.25) is 14.2 Å². The van der Waals surface area contributed by atoms with Crippen LogP contribution in [0.2, 0.25) is 0 Å². The molecule has 2 aliphatic heterocycles. The maximum Gasteiger partial charge on any atom is 0.297 e.